The number of pyridine rings is 1. The zero-order chi connectivity index (χ0) is 26.2. The number of fused-ring (bicyclic) bond motifs is 9. The lowest BCUT2D eigenvalue weighted by atomic mass is 9.91. The standard InChI is InChI=1S/C37H23N3/c1-2-9-28-27(8-1)30-11-7-12-31-29-10-3-4-13-34(29)40(37(30)31)35-20-19-26(22-32(28)35)24-15-17-25(18-16-24)33-23-39-21-6-5-14-36(39)38-33/h1-23H. The molecule has 0 radical (unpaired) electrons. The summed E-state index contributed by atoms with van der Waals surface area (Å²) in [4.78, 5) is 4.80. The number of aromatic nitrogens is 3. The van der Waals surface area contributed by atoms with E-state index in [0.29, 0.717) is 0 Å². The van der Waals surface area contributed by atoms with Crippen molar-refractivity contribution in [2.45, 2.75) is 0 Å². The van der Waals surface area contributed by atoms with E-state index in [-0.39, 0.29) is 0 Å². The molecule has 9 rings (SSSR count). The molecule has 0 unspecified atom stereocenters. The van der Waals surface area contributed by atoms with Crippen molar-refractivity contribution in [1.82, 2.24) is 14.0 Å². The molecule has 186 valence electrons. The summed E-state index contributed by atoms with van der Waals surface area (Å²) in [6, 6.07) is 46.1. The molecule has 0 atom stereocenters. The SMILES string of the molecule is c1ccc2c(c1)-c1cc(-c3ccc(-c4cn5ccccc5n4)cc3)ccc1-n1c3ccccc3c3cccc-2c31. The highest BCUT2D eigenvalue weighted by Gasteiger charge is 2.24. The Bertz CT molecular complexity index is 2230. The van der Waals surface area contributed by atoms with Gasteiger partial charge in [0.1, 0.15) is 5.65 Å². The lowest BCUT2D eigenvalue weighted by Gasteiger charge is -2.15. The smallest absolute Gasteiger partial charge is 0.137 e. The molecule has 4 heterocycles. The van der Waals surface area contributed by atoms with Crippen LogP contribution in [0.2, 0.25) is 0 Å². The molecular weight excluding hydrogens is 486 g/mol. The van der Waals surface area contributed by atoms with E-state index in [9.17, 15) is 0 Å². The van der Waals surface area contributed by atoms with E-state index in [4.69, 9.17) is 4.98 Å². The maximum Gasteiger partial charge on any atom is 0.137 e. The molecule has 0 bridgehead atoms. The van der Waals surface area contributed by atoms with Crippen molar-refractivity contribution < 1.29 is 0 Å². The van der Waals surface area contributed by atoms with Crippen LogP contribution < -0.4 is 0 Å². The molecule has 40 heavy (non-hydrogen) atoms. The zero-order valence-electron chi connectivity index (χ0n) is 21.6. The molecule has 0 aliphatic carbocycles. The van der Waals surface area contributed by atoms with Crippen LogP contribution in [0, 0.1) is 0 Å². The first-order chi connectivity index (χ1) is 19.8. The Morgan fingerprint density at radius 2 is 1.20 bits per heavy atom. The Labute approximate surface area is 231 Å². The molecule has 0 saturated carbocycles. The van der Waals surface area contributed by atoms with Gasteiger partial charge in [0.05, 0.1) is 22.4 Å². The lowest BCUT2D eigenvalue weighted by Crippen LogP contribution is -1.96. The van der Waals surface area contributed by atoms with Crippen LogP contribution in [0.4, 0.5) is 0 Å². The summed E-state index contributed by atoms with van der Waals surface area (Å²) in [5.41, 5.74) is 14.2. The van der Waals surface area contributed by atoms with E-state index in [1.54, 1.807) is 0 Å². The molecular formula is C37H23N3. The Morgan fingerprint density at radius 3 is 2.08 bits per heavy atom. The summed E-state index contributed by atoms with van der Waals surface area (Å²) >= 11 is 0. The monoisotopic (exact) mass is 509 g/mol. The van der Waals surface area contributed by atoms with Crippen LogP contribution in [0.25, 0.3) is 77.8 Å². The molecule has 0 amide bonds. The van der Waals surface area contributed by atoms with E-state index in [0.717, 1.165) is 16.9 Å². The fourth-order valence-corrected chi connectivity index (χ4v) is 6.47. The second-order valence-electron chi connectivity index (χ2n) is 10.5. The quantitative estimate of drug-likeness (QED) is 0.227. The van der Waals surface area contributed by atoms with Crippen LogP contribution in [0.5, 0.6) is 0 Å². The highest BCUT2D eigenvalue weighted by atomic mass is 15.0. The molecule has 8 aromatic rings. The van der Waals surface area contributed by atoms with Gasteiger partial charge in [-0.3, -0.25) is 0 Å². The lowest BCUT2D eigenvalue weighted by molar-refractivity contribution is 1.19. The number of imidazole rings is 1. The largest absolute Gasteiger partial charge is 0.308 e. The van der Waals surface area contributed by atoms with Gasteiger partial charge in [-0.2, -0.15) is 0 Å². The first-order valence-corrected chi connectivity index (χ1v) is 13.6. The van der Waals surface area contributed by atoms with Gasteiger partial charge in [0.2, 0.25) is 0 Å². The van der Waals surface area contributed by atoms with Gasteiger partial charge in [0.25, 0.3) is 0 Å². The summed E-state index contributed by atoms with van der Waals surface area (Å²) in [5.74, 6) is 0. The molecule has 5 aromatic carbocycles. The van der Waals surface area contributed by atoms with E-state index < -0.39 is 0 Å². The highest BCUT2D eigenvalue weighted by molar-refractivity contribution is 6.16. The molecule has 0 saturated heterocycles. The third-order valence-corrected chi connectivity index (χ3v) is 8.32. The Balaban J connectivity index is 1.24. The number of nitrogens with zero attached hydrogens (tertiary/aromatic N) is 3. The van der Waals surface area contributed by atoms with Crippen molar-refractivity contribution in [3.63, 3.8) is 0 Å². The molecule has 3 aromatic heterocycles. The summed E-state index contributed by atoms with van der Waals surface area (Å²) in [6.07, 6.45) is 4.12. The summed E-state index contributed by atoms with van der Waals surface area (Å²) < 4.78 is 4.53. The molecule has 1 aliphatic rings. The number of para-hydroxylation sites is 2. The fourth-order valence-electron chi connectivity index (χ4n) is 6.47. The third kappa shape index (κ3) is 2.97. The average Bonchev–Trinajstić information content (AvgIpc) is 3.57. The van der Waals surface area contributed by atoms with Crippen LogP contribution in [0.1, 0.15) is 0 Å². The maximum atomic E-state index is 4.80. The Kier molecular flexibility index (Phi) is 4.33. The van der Waals surface area contributed by atoms with Crippen molar-refractivity contribution >= 4 is 27.5 Å². The van der Waals surface area contributed by atoms with Gasteiger partial charge in [0, 0.05) is 39.9 Å². The molecule has 3 nitrogen and oxygen atoms in total. The van der Waals surface area contributed by atoms with Gasteiger partial charge >= 0.3 is 0 Å². The minimum Gasteiger partial charge on any atom is -0.308 e. The van der Waals surface area contributed by atoms with Crippen LogP contribution in [-0.4, -0.2) is 14.0 Å². The zero-order valence-corrected chi connectivity index (χ0v) is 21.6. The van der Waals surface area contributed by atoms with Gasteiger partial charge in [-0.05, 0) is 52.6 Å². The van der Waals surface area contributed by atoms with Crippen molar-refractivity contribution in [3.05, 3.63) is 140 Å². The Morgan fingerprint density at radius 1 is 0.500 bits per heavy atom. The van der Waals surface area contributed by atoms with E-state index in [1.165, 1.54) is 60.9 Å². The number of rotatable bonds is 2. The fraction of sp³-hybridized carbons (Fsp3) is 0. The summed E-state index contributed by atoms with van der Waals surface area (Å²) in [5, 5.41) is 2.58. The van der Waals surface area contributed by atoms with E-state index >= 15 is 0 Å². The van der Waals surface area contributed by atoms with Gasteiger partial charge in [-0.15, -0.1) is 0 Å². The van der Waals surface area contributed by atoms with E-state index in [2.05, 4.69) is 124 Å². The minimum absolute atomic E-state index is 0.957. The first-order valence-electron chi connectivity index (χ1n) is 13.6. The van der Waals surface area contributed by atoms with Gasteiger partial charge in [-0.1, -0.05) is 97.1 Å². The normalized spacial score (nSPS) is 12.0. The first kappa shape index (κ1) is 21.5. The predicted octanol–water partition coefficient (Wildman–Crippen LogP) is 9.41. The molecule has 0 spiro atoms. The molecule has 3 heteroatoms. The second kappa shape index (κ2) is 8.05. The van der Waals surface area contributed by atoms with E-state index in [1.807, 2.05) is 24.4 Å². The second-order valence-corrected chi connectivity index (χ2v) is 10.5. The number of hydrogen-bond donors (Lipinski definition) is 0. The Hall–Kier alpha value is -5.41. The maximum absolute atomic E-state index is 4.80. The summed E-state index contributed by atoms with van der Waals surface area (Å²) in [6.45, 7) is 0. The summed E-state index contributed by atoms with van der Waals surface area (Å²) in [7, 11) is 0. The topological polar surface area (TPSA) is 22.2 Å². The van der Waals surface area contributed by atoms with Crippen molar-refractivity contribution in [3.8, 4) is 50.3 Å². The van der Waals surface area contributed by atoms with Crippen LogP contribution in [-0.2, 0) is 0 Å². The van der Waals surface area contributed by atoms with Gasteiger partial charge in [0.15, 0.2) is 0 Å². The van der Waals surface area contributed by atoms with Crippen molar-refractivity contribution in [1.29, 1.82) is 0 Å². The number of hydrogen-bond acceptors (Lipinski definition) is 1. The molecule has 1 aliphatic heterocycles. The molecule has 0 N–H and O–H groups in total. The van der Waals surface area contributed by atoms with Crippen molar-refractivity contribution in [2.75, 3.05) is 0 Å². The third-order valence-electron chi connectivity index (χ3n) is 8.32. The van der Waals surface area contributed by atoms with Crippen LogP contribution >= 0.6 is 0 Å². The van der Waals surface area contributed by atoms with Crippen LogP contribution in [0.3, 0.4) is 0 Å². The highest BCUT2D eigenvalue weighted by Crippen LogP contribution is 2.47. The minimum atomic E-state index is 0.957. The van der Waals surface area contributed by atoms with Crippen LogP contribution in [0.15, 0.2) is 140 Å². The molecule has 0 fully saturated rings. The number of benzene rings is 5. The van der Waals surface area contributed by atoms with Gasteiger partial charge in [-0.25, -0.2) is 4.98 Å². The van der Waals surface area contributed by atoms with Crippen molar-refractivity contribution in [2.24, 2.45) is 0 Å². The predicted molar refractivity (Wildman–Crippen MR) is 165 cm³/mol. The van der Waals surface area contributed by atoms with Gasteiger partial charge < -0.3 is 8.97 Å². The average molecular weight is 510 g/mol.